The smallest absolute Gasteiger partial charge is 0.0876 e. The molecule has 20 heavy (non-hydrogen) atoms. The molecule has 0 saturated heterocycles. The van der Waals surface area contributed by atoms with E-state index in [-0.39, 0.29) is 0 Å². The SMILES string of the molecule is Cc1cccc(-c2cnn(-c3ccc(Cl)cc3N)c2)c1. The lowest BCUT2D eigenvalue weighted by Crippen LogP contribution is -1.99. The first-order chi connectivity index (χ1) is 9.63. The standard InChI is InChI=1S/C16H14ClN3/c1-11-3-2-4-12(7-11)13-9-19-20(10-13)16-6-5-14(17)8-15(16)18/h2-10H,18H2,1H3. The molecule has 0 fully saturated rings. The zero-order valence-corrected chi connectivity index (χ0v) is 11.8. The Morgan fingerprint density at radius 2 is 1.95 bits per heavy atom. The topological polar surface area (TPSA) is 43.8 Å². The van der Waals surface area contributed by atoms with Gasteiger partial charge in [-0.25, -0.2) is 4.68 Å². The van der Waals surface area contributed by atoms with Gasteiger partial charge in [0.25, 0.3) is 0 Å². The molecule has 3 rings (SSSR count). The van der Waals surface area contributed by atoms with Crippen LogP contribution in [-0.2, 0) is 0 Å². The van der Waals surface area contributed by atoms with Crippen molar-refractivity contribution in [1.29, 1.82) is 0 Å². The van der Waals surface area contributed by atoms with Gasteiger partial charge in [0.1, 0.15) is 0 Å². The molecule has 0 aliphatic rings. The summed E-state index contributed by atoms with van der Waals surface area (Å²) >= 11 is 5.91. The summed E-state index contributed by atoms with van der Waals surface area (Å²) in [6.07, 6.45) is 3.80. The Bertz CT molecular complexity index is 762. The highest BCUT2D eigenvalue weighted by Gasteiger charge is 2.06. The van der Waals surface area contributed by atoms with E-state index in [1.807, 2.05) is 24.5 Å². The van der Waals surface area contributed by atoms with Gasteiger partial charge in [-0.1, -0.05) is 41.4 Å². The van der Waals surface area contributed by atoms with Crippen LogP contribution in [0, 0.1) is 6.92 Å². The van der Waals surface area contributed by atoms with Gasteiger partial charge in [-0.3, -0.25) is 0 Å². The van der Waals surface area contributed by atoms with E-state index in [9.17, 15) is 0 Å². The van der Waals surface area contributed by atoms with Crippen molar-refractivity contribution in [2.45, 2.75) is 6.92 Å². The molecular formula is C16H14ClN3. The fraction of sp³-hybridized carbons (Fsp3) is 0.0625. The Hall–Kier alpha value is -2.26. The molecule has 0 atom stereocenters. The zero-order chi connectivity index (χ0) is 14.1. The van der Waals surface area contributed by atoms with Crippen LogP contribution in [0.5, 0.6) is 0 Å². The summed E-state index contributed by atoms with van der Waals surface area (Å²) in [5, 5.41) is 5.00. The van der Waals surface area contributed by atoms with Crippen molar-refractivity contribution in [2.75, 3.05) is 5.73 Å². The van der Waals surface area contributed by atoms with Gasteiger partial charge in [0.2, 0.25) is 0 Å². The zero-order valence-electron chi connectivity index (χ0n) is 11.0. The molecule has 3 aromatic rings. The molecule has 0 radical (unpaired) electrons. The van der Waals surface area contributed by atoms with E-state index in [4.69, 9.17) is 17.3 Å². The monoisotopic (exact) mass is 283 g/mol. The number of rotatable bonds is 2. The van der Waals surface area contributed by atoms with Gasteiger partial charge in [-0.05, 0) is 30.7 Å². The predicted molar refractivity (Wildman–Crippen MR) is 83.2 cm³/mol. The third-order valence-electron chi connectivity index (χ3n) is 3.17. The second kappa shape index (κ2) is 5.02. The van der Waals surface area contributed by atoms with E-state index in [2.05, 4.69) is 30.2 Å². The van der Waals surface area contributed by atoms with Crippen LogP contribution in [0.2, 0.25) is 5.02 Å². The van der Waals surface area contributed by atoms with E-state index in [1.54, 1.807) is 16.8 Å². The van der Waals surface area contributed by atoms with Gasteiger partial charge in [0.05, 0.1) is 17.6 Å². The fourth-order valence-electron chi connectivity index (χ4n) is 2.16. The van der Waals surface area contributed by atoms with Crippen molar-refractivity contribution in [2.24, 2.45) is 0 Å². The van der Waals surface area contributed by atoms with Gasteiger partial charge in [0, 0.05) is 16.8 Å². The van der Waals surface area contributed by atoms with Gasteiger partial charge < -0.3 is 5.73 Å². The Kier molecular flexibility index (Phi) is 3.20. The lowest BCUT2D eigenvalue weighted by atomic mass is 10.1. The van der Waals surface area contributed by atoms with Gasteiger partial charge in [0.15, 0.2) is 0 Å². The molecule has 0 bridgehead atoms. The Balaban J connectivity index is 2.02. The van der Waals surface area contributed by atoms with Crippen LogP contribution in [-0.4, -0.2) is 9.78 Å². The number of benzene rings is 2. The lowest BCUT2D eigenvalue weighted by molar-refractivity contribution is 0.883. The third-order valence-corrected chi connectivity index (χ3v) is 3.41. The molecular weight excluding hydrogens is 270 g/mol. The van der Waals surface area contributed by atoms with Crippen LogP contribution in [0.1, 0.15) is 5.56 Å². The number of nitrogen functional groups attached to an aromatic ring is 1. The summed E-state index contributed by atoms with van der Waals surface area (Å²) in [7, 11) is 0. The molecule has 0 aliphatic heterocycles. The van der Waals surface area contributed by atoms with Gasteiger partial charge in [-0.2, -0.15) is 5.10 Å². The molecule has 100 valence electrons. The summed E-state index contributed by atoms with van der Waals surface area (Å²) in [4.78, 5) is 0. The average Bonchev–Trinajstić information content (AvgIpc) is 2.88. The average molecular weight is 284 g/mol. The van der Waals surface area contributed by atoms with Crippen molar-refractivity contribution in [3.05, 3.63) is 65.4 Å². The first-order valence-corrected chi connectivity index (χ1v) is 6.68. The van der Waals surface area contributed by atoms with Gasteiger partial charge in [-0.15, -0.1) is 0 Å². The Morgan fingerprint density at radius 1 is 1.10 bits per heavy atom. The minimum Gasteiger partial charge on any atom is -0.397 e. The highest BCUT2D eigenvalue weighted by atomic mass is 35.5. The van der Waals surface area contributed by atoms with E-state index < -0.39 is 0 Å². The molecule has 0 unspecified atom stereocenters. The molecule has 1 heterocycles. The maximum atomic E-state index is 5.98. The lowest BCUT2D eigenvalue weighted by Gasteiger charge is -2.05. The van der Waals surface area contributed by atoms with Crippen LogP contribution in [0.25, 0.3) is 16.8 Å². The second-order valence-corrected chi connectivity index (χ2v) is 5.18. The number of anilines is 1. The maximum Gasteiger partial charge on any atom is 0.0876 e. The molecule has 0 saturated carbocycles. The number of halogens is 1. The summed E-state index contributed by atoms with van der Waals surface area (Å²) in [5.74, 6) is 0. The summed E-state index contributed by atoms with van der Waals surface area (Å²) < 4.78 is 1.77. The second-order valence-electron chi connectivity index (χ2n) is 4.75. The molecule has 3 nitrogen and oxygen atoms in total. The number of hydrogen-bond acceptors (Lipinski definition) is 2. The van der Waals surface area contributed by atoms with Crippen LogP contribution in [0.15, 0.2) is 54.9 Å². The number of aromatic nitrogens is 2. The largest absolute Gasteiger partial charge is 0.397 e. The van der Waals surface area contributed by atoms with E-state index >= 15 is 0 Å². The number of aryl methyl sites for hydroxylation is 1. The van der Waals surface area contributed by atoms with Crippen molar-refractivity contribution in [3.8, 4) is 16.8 Å². The fourth-order valence-corrected chi connectivity index (χ4v) is 2.34. The minimum atomic E-state index is 0.608. The highest BCUT2D eigenvalue weighted by Crippen LogP contribution is 2.25. The molecule has 4 heteroatoms. The van der Waals surface area contributed by atoms with Crippen LogP contribution in [0.4, 0.5) is 5.69 Å². The van der Waals surface area contributed by atoms with Crippen molar-refractivity contribution < 1.29 is 0 Å². The molecule has 2 N–H and O–H groups in total. The molecule has 0 amide bonds. The van der Waals surface area contributed by atoms with E-state index in [0.717, 1.165) is 16.8 Å². The maximum absolute atomic E-state index is 5.98. The van der Waals surface area contributed by atoms with Crippen molar-refractivity contribution >= 4 is 17.3 Å². The van der Waals surface area contributed by atoms with E-state index in [0.29, 0.717) is 10.7 Å². The highest BCUT2D eigenvalue weighted by molar-refractivity contribution is 6.30. The molecule has 0 aliphatic carbocycles. The number of nitrogens with zero attached hydrogens (tertiary/aromatic N) is 2. The summed E-state index contributed by atoms with van der Waals surface area (Å²) in [6.45, 7) is 2.07. The van der Waals surface area contributed by atoms with Crippen molar-refractivity contribution in [3.63, 3.8) is 0 Å². The number of hydrogen-bond donors (Lipinski definition) is 1. The quantitative estimate of drug-likeness (QED) is 0.720. The first-order valence-electron chi connectivity index (χ1n) is 6.30. The summed E-state index contributed by atoms with van der Waals surface area (Å²) in [6, 6.07) is 13.7. The van der Waals surface area contributed by atoms with E-state index in [1.165, 1.54) is 5.56 Å². The van der Waals surface area contributed by atoms with Crippen molar-refractivity contribution in [1.82, 2.24) is 9.78 Å². The predicted octanol–water partition coefficient (Wildman–Crippen LogP) is 4.08. The third kappa shape index (κ3) is 2.40. The normalized spacial score (nSPS) is 10.7. The Labute approximate surface area is 122 Å². The Morgan fingerprint density at radius 3 is 2.70 bits per heavy atom. The first kappa shape index (κ1) is 12.8. The number of nitrogens with two attached hydrogens (primary N) is 1. The summed E-state index contributed by atoms with van der Waals surface area (Å²) in [5.41, 5.74) is 10.8. The van der Waals surface area contributed by atoms with Gasteiger partial charge >= 0.3 is 0 Å². The molecule has 0 spiro atoms. The minimum absolute atomic E-state index is 0.608. The van der Waals surface area contributed by atoms with Crippen LogP contribution in [0.3, 0.4) is 0 Å². The molecule has 1 aromatic heterocycles. The van der Waals surface area contributed by atoms with Crippen LogP contribution >= 0.6 is 11.6 Å². The molecule has 2 aromatic carbocycles. The van der Waals surface area contributed by atoms with Crippen LogP contribution < -0.4 is 5.73 Å².